The fourth-order valence-electron chi connectivity index (χ4n) is 1.27. The summed E-state index contributed by atoms with van der Waals surface area (Å²) in [5, 5.41) is 2.76. The molecule has 0 saturated carbocycles. The van der Waals surface area contributed by atoms with Crippen LogP contribution < -0.4 is 5.32 Å². The van der Waals surface area contributed by atoms with E-state index in [-0.39, 0.29) is 11.7 Å². The summed E-state index contributed by atoms with van der Waals surface area (Å²) in [5.41, 5.74) is 0.890. The number of halogens is 1. The van der Waals surface area contributed by atoms with Crippen LogP contribution in [-0.2, 0) is 16.1 Å². The second-order valence-corrected chi connectivity index (χ2v) is 3.50. The third-order valence-electron chi connectivity index (χ3n) is 2.16. The topological polar surface area (TPSA) is 38.3 Å². The van der Waals surface area contributed by atoms with Gasteiger partial charge in [-0.15, -0.1) is 0 Å². The Hall–Kier alpha value is -1.42. The molecule has 1 aromatic carbocycles. The zero-order valence-corrected chi connectivity index (χ0v) is 13.3. The van der Waals surface area contributed by atoms with E-state index in [0.29, 0.717) is 26.0 Å². The van der Waals surface area contributed by atoms with E-state index >= 15 is 0 Å². The van der Waals surface area contributed by atoms with Crippen LogP contribution in [0.4, 0.5) is 4.39 Å². The summed E-state index contributed by atoms with van der Waals surface area (Å²) >= 11 is 0. The van der Waals surface area contributed by atoms with E-state index in [1.807, 2.05) is 27.7 Å². The number of ether oxygens (including phenoxy) is 1. The first kappa shape index (κ1) is 20.9. The van der Waals surface area contributed by atoms with Gasteiger partial charge < -0.3 is 10.1 Å². The lowest BCUT2D eigenvalue weighted by Crippen LogP contribution is -2.22. The Morgan fingerprint density at radius 2 is 1.70 bits per heavy atom. The lowest BCUT2D eigenvalue weighted by atomic mass is 10.2. The van der Waals surface area contributed by atoms with Crippen LogP contribution in [0.5, 0.6) is 0 Å². The van der Waals surface area contributed by atoms with E-state index in [1.165, 1.54) is 12.1 Å². The predicted molar refractivity (Wildman–Crippen MR) is 82.1 cm³/mol. The fraction of sp³-hybridized carbons (Fsp3) is 0.562. The summed E-state index contributed by atoms with van der Waals surface area (Å²) in [5.74, 6) is -0.281. The highest BCUT2D eigenvalue weighted by Gasteiger charge is 2.00. The number of hydrogen-bond acceptors (Lipinski definition) is 2. The highest BCUT2D eigenvalue weighted by atomic mass is 19.1. The molecule has 0 aliphatic carbocycles. The molecule has 0 unspecified atom stereocenters. The normalized spacial score (nSPS) is 8.70. The second kappa shape index (κ2) is 15.6. The Balaban J connectivity index is 0. The molecule has 0 spiro atoms. The Morgan fingerprint density at radius 1 is 1.15 bits per heavy atom. The lowest BCUT2D eigenvalue weighted by molar-refractivity contribution is -0.121. The lowest BCUT2D eigenvalue weighted by Gasteiger charge is -2.05. The molecule has 0 fully saturated rings. The molecule has 0 heterocycles. The maximum atomic E-state index is 12.6. The average molecular weight is 285 g/mol. The second-order valence-electron chi connectivity index (χ2n) is 3.50. The number of nitrogens with one attached hydrogen (secondary N) is 1. The molecule has 116 valence electrons. The van der Waals surface area contributed by atoms with Crippen molar-refractivity contribution in [3.8, 4) is 0 Å². The first-order chi connectivity index (χ1) is 9.72. The minimum atomic E-state index is -0.268. The summed E-state index contributed by atoms with van der Waals surface area (Å²) in [7, 11) is 1.61. The summed E-state index contributed by atoms with van der Waals surface area (Å²) in [4.78, 5) is 11.3. The zero-order chi connectivity index (χ0) is 15.8. The van der Waals surface area contributed by atoms with Crippen molar-refractivity contribution in [2.45, 2.75) is 47.1 Å². The number of hydrogen-bond donors (Lipinski definition) is 1. The molecule has 0 atom stereocenters. The van der Waals surface area contributed by atoms with Crippen molar-refractivity contribution in [3.63, 3.8) is 0 Å². The largest absolute Gasteiger partial charge is 0.385 e. The maximum Gasteiger partial charge on any atom is 0.220 e. The van der Waals surface area contributed by atoms with Gasteiger partial charge in [-0.05, 0) is 24.1 Å². The Bertz CT molecular complexity index is 326. The van der Waals surface area contributed by atoms with E-state index in [4.69, 9.17) is 4.74 Å². The highest BCUT2D eigenvalue weighted by Crippen LogP contribution is 2.02. The van der Waals surface area contributed by atoms with Gasteiger partial charge in [-0.3, -0.25) is 4.79 Å². The van der Waals surface area contributed by atoms with Gasteiger partial charge in [-0.2, -0.15) is 0 Å². The summed E-state index contributed by atoms with van der Waals surface area (Å²) < 4.78 is 17.4. The molecule has 0 saturated heterocycles. The minimum Gasteiger partial charge on any atom is -0.385 e. The molecule has 1 aromatic rings. The number of carbonyl (C=O) groups is 1. The van der Waals surface area contributed by atoms with Crippen molar-refractivity contribution in [1.29, 1.82) is 0 Å². The quantitative estimate of drug-likeness (QED) is 0.804. The van der Waals surface area contributed by atoms with Gasteiger partial charge in [0.2, 0.25) is 5.91 Å². The van der Waals surface area contributed by atoms with Gasteiger partial charge in [-0.25, -0.2) is 4.39 Å². The summed E-state index contributed by atoms with van der Waals surface area (Å²) in [6.45, 7) is 9.02. The molecule has 20 heavy (non-hydrogen) atoms. The van der Waals surface area contributed by atoms with Crippen molar-refractivity contribution in [1.82, 2.24) is 5.32 Å². The first-order valence-electron chi connectivity index (χ1n) is 7.22. The van der Waals surface area contributed by atoms with Crippen LogP contribution in [0.2, 0.25) is 0 Å². The molecule has 4 heteroatoms. The minimum absolute atomic E-state index is 0.0126. The van der Waals surface area contributed by atoms with Crippen LogP contribution in [0, 0.1) is 5.82 Å². The van der Waals surface area contributed by atoms with Gasteiger partial charge in [-0.1, -0.05) is 39.8 Å². The van der Waals surface area contributed by atoms with Gasteiger partial charge >= 0.3 is 0 Å². The van der Waals surface area contributed by atoms with Crippen LogP contribution >= 0.6 is 0 Å². The number of methoxy groups -OCH3 is 1. The molecule has 0 aromatic heterocycles. The molecular weight excluding hydrogens is 257 g/mol. The number of rotatable bonds is 6. The molecule has 3 nitrogen and oxygen atoms in total. The zero-order valence-electron chi connectivity index (χ0n) is 13.3. The van der Waals surface area contributed by atoms with E-state index in [9.17, 15) is 9.18 Å². The van der Waals surface area contributed by atoms with Gasteiger partial charge in [0, 0.05) is 26.7 Å². The van der Waals surface area contributed by atoms with Crippen molar-refractivity contribution < 1.29 is 13.9 Å². The van der Waals surface area contributed by atoms with E-state index in [2.05, 4.69) is 5.32 Å². The maximum absolute atomic E-state index is 12.6. The van der Waals surface area contributed by atoms with Gasteiger partial charge in [0.25, 0.3) is 0 Å². The Kier molecular flexibility index (Phi) is 16.3. The van der Waals surface area contributed by atoms with Crippen molar-refractivity contribution in [3.05, 3.63) is 35.6 Å². The molecular formula is C16H28FNO2. The Morgan fingerprint density at radius 3 is 2.20 bits per heavy atom. The van der Waals surface area contributed by atoms with Crippen LogP contribution in [0.25, 0.3) is 0 Å². The molecule has 0 radical (unpaired) electrons. The predicted octanol–water partition coefficient (Wildman–Crippen LogP) is 3.92. The van der Waals surface area contributed by atoms with Crippen molar-refractivity contribution in [2.24, 2.45) is 0 Å². The molecule has 0 aliphatic heterocycles. The SMILES string of the molecule is CC.CC.COCCCC(=O)NCc1ccc(F)cc1. The van der Waals surface area contributed by atoms with Crippen molar-refractivity contribution in [2.75, 3.05) is 13.7 Å². The van der Waals surface area contributed by atoms with E-state index in [1.54, 1.807) is 19.2 Å². The monoisotopic (exact) mass is 285 g/mol. The van der Waals surface area contributed by atoms with Crippen LogP contribution in [0.3, 0.4) is 0 Å². The average Bonchev–Trinajstić information content (AvgIpc) is 2.51. The molecule has 0 aliphatic rings. The van der Waals surface area contributed by atoms with Gasteiger partial charge in [0.15, 0.2) is 0 Å². The fourth-order valence-corrected chi connectivity index (χ4v) is 1.27. The van der Waals surface area contributed by atoms with Gasteiger partial charge in [0.05, 0.1) is 0 Å². The summed E-state index contributed by atoms with van der Waals surface area (Å²) in [6, 6.07) is 6.08. The van der Waals surface area contributed by atoms with E-state index in [0.717, 1.165) is 5.56 Å². The standard InChI is InChI=1S/C12H16FNO2.2C2H6/c1-16-8-2-3-12(15)14-9-10-4-6-11(13)7-5-10;2*1-2/h4-7H,2-3,8-9H2,1H3,(H,14,15);2*1-2H3. The third kappa shape index (κ3) is 11.7. The smallest absolute Gasteiger partial charge is 0.220 e. The van der Waals surface area contributed by atoms with E-state index < -0.39 is 0 Å². The summed E-state index contributed by atoms with van der Waals surface area (Å²) in [6.07, 6.45) is 1.17. The number of benzene rings is 1. The van der Waals surface area contributed by atoms with Crippen LogP contribution in [0.1, 0.15) is 46.1 Å². The van der Waals surface area contributed by atoms with Crippen molar-refractivity contribution >= 4 is 5.91 Å². The van der Waals surface area contributed by atoms with Gasteiger partial charge in [0.1, 0.15) is 5.82 Å². The third-order valence-corrected chi connectivity index (χ3v) is 2.16. The van der Waals surface area contributed by atoms with Crippen LogP contribution in [-0.4, -0.2) is 19.6 Å². The number of amides is 1. The Labute approximate surface area is 122 Å². The highest BCUT2D eigenvalue weighted by molar-refractivity contribution is 5.75. The van der Waals surface area contributed by atoms with Crippen LogP contribution in [0.15, 0.2) is 24.3 Å². The first-order valence-corrected chi connectivity index (χ1v) is 7.22. The number of carbonyl (C=O) groups excluding carboxylic acids is 1. The molecule has 1 N–H and O–H groups in total. The molecule has 1 rings (SSSR count). The molecule has 0 bridgehead atoms. The molecule has 1 amide bonds.